The molecule has 0 saturated carbocycles. The molecule has 10 nitrogen and oxygen atoms in total. The molecule has 3 aromatic heterocycles. The van der Waals surface area contributed by atoms with E-state index in [9.17, 15) is 8.42 Å². The average molecular weight is 510 g/mol. The number of benzene rings is 1. The third kappa shape index (κ3) is 4.56. The number of hydrogen-bond donors (Lipinski definition) is 1. The van der Waals surface area contributed by atoms with Gasteiger partial charge in [-0.25, -0.2) is 12.4 Å². The highest BCUT2D eigenvalue weighted by Crippen LogP contribution is 2.30. The molecule has 190 valence electrons. The molecule has 1 aromatic carbocycles. The summed E-state index contributed by atoms with van der Waals surface area (Å²) in [5.41, 5.74) is 2.82. The summed E-state index contributed by atoms with van der Waals surface area (Å²) in [6.07, 6.45) is 5.54. The van der Waals surface area contributed by atoms with Crippen LogP contribution < -0.4 is 10.1 Å². The lowest BCUT2D eigenvalue weighted by molar-refractivity contribution is 0.212. The van der Waals surface area contributed by atoms with Crippen molar-refractivity contribution in [2.24, 2.45) is 0 Å². The number of hydrogen-bond acceptors (Lipinski definition) is 8. The first-order valence-corrected chi connectivity index (χ1v) is 13.6. The summed E-state index contributed by atoms with van der Waals surface area (Å²) < 4.78 is 35.8. The second kappa shape index (κ2) is 9.55. The summed E-state index contributed by atoms with van der Waals surface area (Å²) in [7, 11) is -1.73. The number of aryl methyl sites for hydroxylation is 2. The fourth-order valence-corrected chi connectivity index (χ4v) is 5.75. The molecule has 4 aromatic rings. The van der Waals surface area contributed by atoms with Gasteiger partial charge in [-0.05, 0) is 71.9 Å². The average Bonchev–Trinajstić information content (AvgIpc) is 3.44. The molecule has 0 spiro atoms. The van der Waals surface area contributed by atoms with Crippen molar-refractivity contribution in [2.45, 2.75) is 44.6 Å². The van der Waals surface area contributed by atoms with Gasteiger partial charge in [0.1, 0.15) is 0 Å². The Morgan fingerprint density at radius 1 is 1.08 bits per heavy atom. The first kappa shape index (κ1) is 24.3. The molecule has 0 unspecified atom stereocenters. The van der Waals surface area contributed by atoms with Gasteiger partial charge in [0.25, 0.3) is 10.0 Å². The van der Waals surface area contributed by atoms with Gasteiger partial charge in [0.05, 0.1) is 34.3 Å². The Balaban J connectivity index is 1.52. The van der Waals surface area contributed by atoms with Crippen LogP contribution in [-0.2, 0) is 10.0 Å². The topological polar surface area (TPSA) is 107 Å². The molecular weight excluding hydrogens is 478 g/mol. The molecule has 0 radical (unpaired) electrons. The lowest BCUT2D eigenvalue weighted by Crippen LogP contribution is -2.31. The van der Waals surface area contributed by atoms with Gasteiger partial charge < -0.3 is 15.0 Å². The normalized spacial score (nSPS) is 15.4. The van der Waals surface area contributed by atoms with Gasteiger partial charge in [-0.15, -0.1) is 0 Å². The number of nitrogens with zero attached hydrogens (tertiary/aromatic N) is 6. The number of nitrogens with one attached hydrogen (secondary N) is 1. The van der Waals surface area contributed by atoms with Crippen LogP contribution in [0.3, 0.4) is 0 Å². The van der Waals surface area contributed by atoms with E-state index in [1.165, 1.54) is 10.2 Å². The number of piperidine rings is 1. The summed E-state index contributed by atoms with van der Waals surface area (Å²) in [5.74, 6) is 0.569. The van der Waals surface area contributed by atoms with E-state index >= 15 is 0 Å². The van der Waals surface area contributed by atoms with Crippen LogP contribution in [0.4, 0.5) is 11.6 Å². The molecule has 1 N–H and O–H groups in total. The van der Waals surface area contributed by atoms with Gasteiger partial charge in [0, 0.05) is 12.4 Å². The smallest absolute Gasteiger partial charge is 0.269 e. The van der Waals surface area contributed by atoms with Crippen molar-refractivity contribution in [3.63, 3.8) is 0 Å². The van der Waals surface area contributed by atoms with Crippen LogP contribution in [0, 0.1) is 13.8 Å². The van der Waals surface area contributed by atoms with E-state index in [1.54, 1.807) is 30.3 Å². The number of fused-ring (bicyclic) bond motifs is 1. The minimum atomic E-state index is -3.86. The molecule has 0 bridgehead atoms. The second-order valence-electron chi connectivity index (χ2n) is 9.22. The lowest BCUT2D eigenvalue weighted by atomic mass is 10.1. The molecule has 5 rings (SSSR count). The highest BCUT2D eigenvalue weighted by molar-refractivity contribution is 7.90. The van der Waals surface area contributed by atoms with Crippen molar-refractivity contribution >= 4 is 32.7 Å². The molecule has 4 heterocycles. The third-order valence-electron chi connectivity index (χ3n) is 6.56. The Hall–Kier alpha value is -3.44. The molecule has 0 amide bonds. The van der Waals surface area contributed by atoms with Crippen molar-refractivity contribution in [1.82, 2.24) is 28.6 Å². The Kier molecular flexibility index (Phi) is 6.44. The molecule has 1 aliphatic rings. The van der Waals surface area contributed by atoms with Crippen LogP contribution in [0.1, 0.15) is 37.1 Å². The molecule has 1 aliphatic heterocycles. The zero-order chi connectivity index (χ0) is 25.4. The molecule has 1 saturated heterocycles. The monoisotopic (exact) mass is 509 g/mol. The zero-order valence-corrected chi connectivity index (χ0v) is 21.8. The maximum absolute atomic E-state index is 13.4. The zero-order valence-electron chi connectivity index (χ0n) is 21.0. The number of likely N-dealkylation sites (tertiary alicyclic amines) is 1. The van der Waals surface area contributed by atoms with Crippen LogP contribution in [-0.4, -0.2) is 63.8 Å². The van der Waals surface area contributed by atoms with E-state index in [0.717, 1.165) is 42.9 Å². The first-order chi connectivity index (χ1) is 17.3. The van der Waals surface area contributed by atoms with Crippen molar-refractivity contribution in [3.8, 4) is 5.88 Å². The van der Waals surface area contributed by atoms with Crippen LogP contribution >= 0.6 is 0 Å². The fourth-order valence-electron chi connectivity index (χ4n) is 4.46. The van der Waals surface area contributed by atoms with Gasteiger partial charge in [-0.3, -0.25) is 4.68 Å². The second-order valence-corrected chi connectivity index (χ2v) is 11.0. The number of ether oxygens (including phenoxy) is 1. The van der Waals surface area contributed by atoms with E-state index in [-0.39, 0.29) is 16.5 Å². The summed E-state index contributed by atoms with van der Waals surface area (Å²) in [6, 6.07) is 8.75. The molecule has 36 heavy (non-hydrogen) atoms. The van der Waals surface area contributed by atoms with E-state index in [0.29, 0.717) is 23.9 Å². The van der Waals surface area contributed by atoms with E-state index in [2.05, 4.69) is 27.2 Å². The van der Waals surface area contributed by atoms with Gasteiger partial charge in [0.2, 0.25) is 11.8 Å². The first-order valence-electron chi connectivity index (χ1n) is 12.1. The van der Waals surface area contributed by atoms with Gasteiger partial charge in [0.15, 0.2) is 5.65 Å². The molecule has 11 heteroatoms. The van der Waals surface area contributed by atoms with E-state index < -0.39 is 10.0 Å². The van der Waals surface area contributed by atoms with Crippen molar-refractivity contribution in [1.29, 1.82) is 0 Å². The molecule has 0 atom stereocenters. The van der Waals surface area contributed by atoms with E-state index in [1.807, 2.05) is 31.6 Å². The van der Waals surface area contributed by atoms with Crippen LogP contribution in [0.2, 0.25) is 0 Å². The molecule has 0 aliphatic carbocycles. The standard InChI is InChI=1S/C25H31N7O3S/c1-5-35-24-21-12-15-32(36(33,34)20-8-6-17(2)7-9-20)23(21)27-25(28-24)26-22-16-31(29-18(22)3)19-10-13-30(4)14-11-19/h6-9,12,15-16,19H,5,10-11,13-14H2,1-4H3,(H,26,27,28). The third-order valence-corrected chi connectivity index (χ3v) is 8.24. The molecule has 1 fully saturated rings. The maximum atomic E-state index is 13.4. The summed E-state index contributed by atoms with van der Waals surface area (Å²) in [6.45, 7) is 8.16. The Morgan fingerprint density at radius 3 is 2.50 bits per heavy atom. The minimum Gasteiger partial charge on any atom is -0.477 e. The number of aromatic nitrogens is 5. The maximum Gasteiger partial charge on any atom is 0.269 e. The van der Waals surface area contributed by atoms with Crippen molar-refractivity contribution in [2.75, 3.05) is 32.1 Å². The lowest BCUT2D eigenvalue weighted by Gasteiger charge is -2.28. The van der Waals surface area contributed by atoms with Gasteiger partial charge >= 0.3 is 0 Å². The highest BCUT2D eigenvalue weighted by Gasteiger charge is 2.24. The van der Waals surface area contributed by atoms with Crippen LogP contribution in [0.5, 0.6) is 5.88 Å². The fraction of sp³-hybridized carbons (Fsp3) is 0.400. The van der Waals surface area contributed by atoms with Crippen molar-refractivity contribution in [3.05, 3.63) is 54.0 Å². The SMILES string of the molecule is CCOc1nc(Nc2cn(C3CCN(C)CC3)nc2C)nc2c1ccn2S(=O)(=O)c1ccc(C)cc1. The summed E-state index contributed by atoms with van der Waals surface area (Å²) >= 11 is 0. The Morgan fingerprint density at radius 2 is 1.81 bits per heavy atom. The van der Waals surface area contributed by atoms with Crippen molar-refractivity contribution < 1.29 is 13.2 Å². The summed E-state index contributed by atoms with van der Waals surface area (Å²) in [5, 5.41) is 8.49. The summed E-state index contributed by atoms with van der Waals surface area (Å²) in [4.78, 5) is 11.6. The Labute approximate surface area is 211 Å². The highest BCUT2D eigenvalue weighted by atomic mass is 32.2. The number of rotatable bonds is 7. The van der Waals surface area contributed by atoms with Gasteiger partial charge in [-0.1, -0.05) is 17.7 Å². The van der Waals surface area contributed by atoms with Crippen LogP contribution in [0.25, 0.3) is 11.0 Å². The Bertz CT molecular complexity index is 1480. The van der Waals surface area contributed by atoms with Crippen LogP contribution in [0.15, 0.2) is 47.6 Å². The quantitative estimate of drug-likeness (QED) is 0.400. The van der Waals surface area contributed by atoms with E-state index in [4.69, 9.17) is 9.84 Å². The minimum absolute atomic E-state index is 0.187. The van der Waals surface area contributed by atoms with Gasteiger partial charge in [-0.2, -0.15) is 15.1 Å². The number of anilines is 2. The predicted octanol–water partition coefficient (Wildman–Crippen LogP) is 3.89. The predicted molar refractivity (Wildman–Crippen MR) is 138 cm³/mol. The molecular formula is C25H31N7O3S. The largest absolute Gasteiger partial charge is 0.477 e.